The second-order valence-corrected chi connectivity index (χ2v) is 4.65. The number of methoxy groups -OCH3 is 1. The maximum Gasteiger partial charge on any atom is 0.255 e. The number of hydrogen-bond donors (Lipinski definition) is 1. The van der Waals surface area contributed by atoms with Crippen LogP contribution in [0, 0.1) is 6.92 Å². The maximum absolute atomic E-state index is 12.3. The van der Waals surface area contributed by atoms with Crippen molar-refractivity contribution in [2.75, 3.05) is 12.4 Å². The average Bonchev–Trinajstić information content (AvgIpc) is 2.48. The number of carbonyl (C=O) groups excluding carboxylic acids is 1. The third-order valence-electron chi connectivity index (χ3n) is 3.32. The first kappa shape index (κ1) is 14.1. The Morgan fingerprint density at radius 1 is 1.20 bits per heavy atom. The lowest BCUT2D eigenvalue weighted by molar-refractivity contribution is 0.102. The van der Waals surface area contributed by atoms with Crippen LogP contribution in [-0.2, 0) is 6.42 Å². The molecule has 3 heteroatoms. The van der Waals surface area contributed by atoms with Crippen LogP contribution < -0.4 is 10.1 Å². The second kappa shape index (κ2) is 6.24. The Morgan fingerprint density at radius 3 is 2.65 bits per heavy atom. The van der Waals surface area contributed by atoms with Gasteiger partial charge in [0.15, 0.2) is 0 Å². The van der Waals surface area contributed by atoms with Crippen molar-refractivity contribution in [3.63, 3.8) is 0 Å². The Labute approximate surface area is 119 Å². The molecule has 20 heavy (non-hydrogen) atoms. The van der Waals surface area contributed by atoms with Gasteiger partial charge in [0.1, 0.15) is 5.75 Å². The lowest BCUT2D eigenvalue weighted by Crippen LogP contribution is -2.13. The van der Waals surface area contributed by atoms with E-state index in [1.807, 2.05) is 43.3 Å². The molecule has 0 saturated carbocycles. The molecule has 0 unspecified atom stereocenters. The molecule has 2 aromatic carbocycles. The van der Waals surface area contributed by atoms with Gasteiger partial charge < -0.3 is 10.1 Å². The van der Waals surface area contributed by atoms with E-state index in [-0.39, 0.29) is 5.91 Å². The topological polar surface area (TPSA) is 38.3 Å². The van der Waals surface area contributed by atoms with E-state index in [4.69, 9.17) is 4.74 Å². The minimum atomic E-state index is -0.121. The van der Waals surface area contributed by atoms with E-state index >= 15 is 0 Å². The first-order chi connectivity index (χ1) is 9.65. The van der Waals surface area contributed by atoms with Crippen molar-refractivity contribution >= 4 is 11.6 Å². The monoisotopic (exact) mass is 269 g/mol. The number of amides is 1. The van der Waals surface area contributed by atoms with Crippen LogP contribution in [0.3, 0.4) is 0 Å². The Bertz CT molecular complexity index is 620. The minimum absolute atomic E-state index is 0.121. The van der Waals surface area contributed by atoms with E-state index in [1.54, 1.807) is 13.2 Å². The van der Waals surface area contributed by atoms with Crippen molar-refractivity contribution in [1.29, 1.82) is 0 Å². The highest BCUT2D eigenvalue weighted by atomic mass is 16.5. The molecule has 0 aliphatic heterocycles. The van der Waals surface area contributed by atoms with E-state index in [2.05, 4.69) is 12.2 Å². The molecular formula is C17H19NO2. The third kappa shape index (κ3) is 2.99. The van der Waals surface area contributed by atoms with Crippen LogP contribution in [0.5, 0.6) is 5.75 Å². The molecule has 0 spiro atoms. The Hall–Kier alpha value is -2.29. The number of anilines is 1. The highest BCUT2D eigenvalue weighted by Crippen LogP contribution is 2.21. The lowest BCUT2D eigenvalue weighted by Gasteiger charge is -2.11. The van der Waals surface area contributed by atoms with Crippen LogP contribution >= 0.6 is 0 Å². The van der Waals surface area contributed by atoms with Gasteiger partial charge in [-0.1, -0.05) is 31.2 Å². The predicted octanol–water partition coefficient (Wildman–Crippen LogP) is 3.82. The Morgan fingerprint density at radius 2 is 1.95 bits per heavy atom. The summed E-state index contributed by atoms with van der Waals surface area (Å²) in [5, 5.41) is 2.95. The van der Waals surface area contributed by atoms with Gasteiger partial charge in [-0.05, 0) is 42.7 Å². The van der Waals surface area contributed by atoms with E-state index < -0.39 is 0 Å². The highest BCUT2D eigenvalue weighted by Gasteiger charge is 2.10. The largest absolute Gasteiger partial charge is 0.496 e. The van der Waals surface area contributed by atoms with E-state index in [9.17, 15) is 4.79 Å². The number of para-hydroxylation sites is 1. The summed E-state index contributed by atoms with van der Waals surface area (Å²) in [6.07, 6.45) is 0.883. The predicted molar refractivity (Wildman–Crippen MR) is 81.5 cm³/mol. The molecule has 0 bridgehead atoms. The number of rotatable bonds is 4. The smallest absolute Gasteiger partial charge is 0.255 e. The summed E-state index contributed by atoms with van der Waals surface area (Å²) in [6.45, 7) is 4.02. The van der Waals surface area contributed by atoms with Gasteiger partial charge in [-0.25, -0.2) is 0 Å². The van der Waals surface area contributed by atoms with Crippen LogP contribution in [0.15, 0.2) is 42.5 Å². The van der Waals surface area contributed by atoms with E-state index in [0.717, 1.165) is 29.0 Å². The van der Waals surface area contributed by atoms with Gasteiger partial charge in [0.2, 0.25) is 0 Å². The summed E-state index contributed by atoms with van der Waals surface area (Å²) in [5.41, 5.74) is 3.59. The van der Waals surface area contributed by atoms with E-state index in [1.165, 1.54) is 0 Å². The number of nitrogens with one attached hydrogen (secondary N) is 1. The summed E-state index contributed by atoms with van der Waals surface area (Å²) in [7, 11) is 1.61. The van der Waals surface area contributed by atoms with Crippen LogP contribution in [-0.4, -0.2) is 13.0 Å². The summed E-state index contributed by atoms with van der Waals surface area (Å²) in [5.74, 6) is 0.602. The molecule has 0 heterocycles. The lowest BCUT2D eigenvalue weighted by atomic mass is 10.1. The van der Waals surface area contributed by atoms with Crippen molar-refractivity contribution in [2.45, 2.75) is 20.3 Å². The van der Waals surface area contributed by atoms with Crippen molar-refractivity contribution in [2.24, 2.45) is 0 Å². The quantitative estimate of drug-likeness (QED) is 0.916. The normalized spacial score (nSPS) is 10.2. The molecule has 2 rings (SSSR count). The maximum atomic E-state index is 12.3. The van der Waals surface area contributed by atoms with Crippen LogP contribution in [0.25, 0.3) is 0 Å². The molecule has 0 aliphatic carbocycles. The van der Waals surface area contributed by atoms with Crippen LogP contribution in [0.2, 0.25) is 0 Å². The fourth-order valence-electron chi connectivity index (χ4n) is 2.11. The number of hydrogen-bond acceptors (Lipinski definition) is 2. The van der Waals surface area contributed by atoms with Crippen molar-refractivity contribution in [3.05, 3.63) is 59.2 Å². The van der Waals surface area contributed by atoms with Crippen LogP contribution in [0.4, 0.5) is 5.69 Å². The number of benzene rings is 2. The third-order valence-corrected chi connectivity index (χ3v) is 3.32. The molecule has 0 radical (unpaired) electrons. The molecule has 0 aliphatic rings. The number of aryl methyl sites for hydroxylation is 2. The van der Waals surface area contributed by atoms with Gasteiger partial charge in [-0.2, -0.15) is 0 Å². The second-order valence-electron chi connectivity index (χ2n) is 4.65. The van der Waals surface area contributed by atoms with Gasteiger partial charge in [0.05, 0.1) is 7.11 Å². The first-order valence-corrected chi connectivity index (χ1v) is 6.69. The molecule has 0 aromatic heterocycles. The van der Waals surface area contributed by atoms with Crippen molar-refractivity contribution in [1.82, 2.24) is 0 Å². The summed E-state index contributed by atoms with van der Waals surface area (Å²) < 4.78 is 5.25. The number of ether oxygens (including phenoxy) is 1. The SMILES string of the molecule is CCc1ccccc1NC(=O)c1ccc(C)c(OC)c1. The van der Waals surface area contributed by atoms with Gasteiger partial charge in [0, 0.05) is 11.3 Å². The Balaban J connectivity index is 2.24. The zero-order valence-electron chi connectivity index (χ0n) is 12.1. The zero-order valence-corrected chi connectivity index (χ0v) is 12.1. The molecule has 3 nitrogen and oxygen atoms in total. The minimum Gasteiger partial charge on any atom is -0.496 e. The van der Waals surface area contributed by atoms with Crippen molar-refractivity contribution < 1.29 is 9.53 Å². The molecule has 0 fully saturated rings. The molecule has 1 amide bonds. The number of carbonyl (C=O) groups is 1. The van der Waals surface area contributed by atoms with Crippen LogP contribution in [0.1, 0.15) is 28.4 Å². The van der Waals surface area contributed by atoms with E-state index in [0.29, 0.717) is 5.56 Å². The Kier molecular flexibility index (Phi) is 4.41. The standard InChI is InChI=1S/C17H19NO2/c1-4-13-7-5-6-8-15(13)18-17(19)14-10-9-12(2)16(11-14)20-3/h5-11H,4H2,1-3H3,(H,18,19). The first-order valence-electron chi connectivity index (χ1n) is 6.69. The molecule has 1 N–H and O–H groups in total. The summed E-state index contributed by atoms with van der Waals surface area (Å²) >= 11 is 0. The molecule has 2 aromatic rings. The average molecular weight is 269 g/mol. The summed E-state index contributed by atoms with van der Waals surface area (Å²) in [4.78, 5) is 12.3. The van der Waals surface area contributed by atoms with Gasteiger partial charge in [-0.3, -0.25) is 4.79 Å². The van der Waals surface area contributed by atoms with Crippen molar-refractivity contribution in [3.8, 4) is 5.75 Å². The molecule has 0 saturated heterocycles. The molecular weight excluding hydrogens is 250 g/mol. The summed E-state index contributed by atoms with van der Waals surface area (Å²) in [6, 6.07) is 13.3. The van der Waals surface area contributed by atoms with Gasteiger partial charge >= 0.3 is 0 Å². The van der Waals surface area contributed by atoms with Gasteiger partial charge in [0.25, 0.3) is 5.91 Å². The fourth-order valence-corrected chi connectivity index (χ4v) is 2.11. The fraction of sp³-hybridized carbons (Fsp3) is 0.235. The highest BCUT2D eigenvalue weighted by molar-refractivity contribution is 6.05. The van der Waals surface area contributed by atoms with Gasteiger partial charge in [-0.15, -0.1) is 0 Å². The molecule has 0 atom stereocenters. The molecule has 104 valence electrons. The zero-order chi connectivity index (χ0) is 14.5.